The minimum atomic E-state index is -0.711. The second-order valence-corrected chi connectivity index (χ2v) is 5.01. The standard InChI is InChI=1S/C13H18ClN3O2/c1-8(2)11(17-13(15)19)12(18)16-7-9-4-3-5-10(14)6-9/h3-6,8,11H,7H2,1-2H3,(H,16,18)(H3,15,17,19). The molecule has 3 amide bonds. The lowest BCUT2D eigenvalue weighted by molar-refractivity contribution is -0.124. The zero-order valence-corrected chi connectivity index (χ0v) is 11.7. The Kier molecular flexibility index (Phi) is 5.63. The molecule has 1 aromatic carbocycles. The number of primary amides is 1. The minimum absolute atomic E-state index is 0.0492. The zero-order valence-electron chi connectivity index (χ0n) is 10.9. The number of nitrogens with one attached hydrogen (secondary N) is 2. The van der Waals surface area contributed by atoms with Gasteiger partial charge < -0.3 is 16.4 Å². The van der Waals surface area contributed by atoms with E-state index in [1.54, 1.807) is 12.1 Å². The molecule has 0 bridgehead atoms. The van der Waals surface area contributed by atoms with Crippen LogP contribution in [-0.4, -0.2) is 18.0 Å². The van der Waals surface area contributed by atoms with Crippen molar-refractivity contribution in [3.05, 3.63) is 34.9 Å². The average Bonchev–Trinajstić information content (AvgIpc) is 2.32. The summed E-state index contributed by atoms with van der Waals surface area (Å²) < 4.78 is 0. The molecule has 6 heteroatoms. The van der Waals surface area contributed by atoms with E-state index in [0.717, 1.165) is 5.56 Å². The third-order valence-corrected chi connectivity index (χ3v) is 2.84. The fourth-order valence-corrected chi connectivity index (χ4v) is 1.85. The van der Waals surface area contributed by atoms with Crippen LogP contribution in [0.5, 0.6) is 0 Å². The number of benzene rings is 1. The number of amides is 3. The number of carbonyl (C=O) groups is 2. The summed E-state index contributed by atoms with van der Waals surface area (Å²) in [6, 6.07) is 5.85. The van der Waals surface area contributed by atoms with Gasteiger partial charge in [-0.25, -0.2) is 4.79 Å². The monoisotopic (exact) mass is 283 g/mol. The van der Waals surface area contributed by atoms with Gasteiger partial charge in [0.15, 0.2) is 0 Å². The summed E-state index contributed by atoms with van der Waals surface area (Å²) >= 11 is 5.86. The number of hydrogen-bond donors (Lipinski definition) is 3. The fraction of sp³-hybridized carbons (Fsp3) is 0.385. The highest BCUT2D eigenvalue weighted by Crippen LogP contribution is 2.10. The summed E-state index contributed by atoms with van der Waals surface area (Å²) in [5.41, 5.74) is 5.94. The van der Waals surface area contributed by atoms with E-state index in [1.807, 2.05) is 26.0 Å². The van der Waals surface area contributed by atoms with Crippen molar-refractivity contribution in [1.82, 2.24) is 10.6 Å². The van der Waals surface area contributed by atoms with Gasteiger partial charge in [0.2, 0.25) is 5.91 Å². The van der Waals surface area contributed by atoms with Gasteiger partial charge in [-0.15, -0.1) is 0 Å². The van der Waals surface area contributed by atoms with Gasteiger partial charge in [0.05, 0.1) is 0 Å². The lowest BCUT2D eigenvalue weighted by Crippen LogP contribution is -2.51. The van der Waals surface area contributed by atoms with Crippen molar-refractivity contribution in [2.75, 3.05) is 0 Å². The van der Waals surface area contributed by atoms with E-state index in [0.29, 0.717) is 11.6 Å². The van der Waals surface area contributed by atoms with Crippen molar-refractivity contribution >= 4 is 23.5 Å². The fourth-order valence-electron chi connectivity index (χ4n) is 1.63. The average molecular weight is 284 g/mol. The topological polar surface area (TPSA) is 84.2 Å². The molecular formula is C13H18ClN3O2. The molecule has 104 valence electrons. The molecule has 0 spiro atoms. The van der Waals surface area contributed by atoms with Crippen LogP contribution in [0.2, 0.25) is 5.02 Å². The van der Waals surface area contributed by atoms with E-state index in [-0.39, 0.29) is 11.8 Å². The van der Waals surface area contributed by atoms with Gasteiger partial charge in [-0.2, -0.15) is 0 Å². The van der Waals surface area contributed by atoms with Crippen molar-refractivity contribution in [2.45, 2.75) is 26.4 Å². The zero-order chi connectivity index (χ0) is 14.4. The van der Waals surface area contributed by atoms with Gasteiger partial charge in [0.25, 0.3) is 0 Å². The maximum Gasteiger partial charge on any atom is 0.312 e. The summed E-state index contributed by atoms with van der Waals surface area (Å²) in [7, 11) is 0. The summed E-state index contributed by atoms with van der Waals surface area (Å²) in [6.07, 6.45) is 0. The molecule has 1 atom stereocenters. The van der Waals surface area contributed by atoms with E-state index >= 15 is 0 Å². The Bertz CT molecular complexity index is 463. The number of carbonyl (C=O) groups excluding carboxylic acids is 2. The molecule has 1 unspecified atom stereocenters. The molecule has 0 aliphatic carbocycles. The molecule has 4 N–H and O–H groups in total. The summed E-state index contributed by atoms with van der Waals surface area (Å²) in [5, 5.41) is 5.79. The maximum absolute atomic E-state index is 12.0. The number of rotatable bonds is 5. The quantitative estimate of drug-likeness (QED) is 0.768. The first-order chi connectivity index (χ1) is 8.90. The van der Waals surface area contributed by atoms with Crippen LogP contribution in [0.4, 0.5) is 4.79 Å². The Morgan fingerprint density at radius 2 is 2.05 bits per heavy atom. The van der Waals surface area contributed by atoms with Gasteiger partial charge in [0, 0.05) is 11.6 Å². The molecule has 0 heterocycles. The molecule has 1 aromatic rings. The molecule has 0 aromatic heterocycles. The van der Waals surface area contributed by atoms with Crippen LogP contribution in [0.1, 0.15) is 19.4 Å². The SMILES string of the molecule is CC(C)C(NC(N)=O)C(=O)NCc1cccc(Cl)c1. The van der Waals surface area contributed by atoms with Crippen LogP contribution >= 0.6 is 11.6 Å². The molecule has 0 saturated heterocycles. The Morgan fingerprint density at radius 1 is 1.37 bits per heavy atom. The van der Waals surface area contributed by atoms with Gasteiger partial charge in [-0.05, 0) is 23.6 Å². The van der Waals surface area contributed by atoms with E-state index in [1.165, 1.54) is 0 Å². The summed E-state index contributed by atoms with van der Waals surface area (Å²) in [6.45, 7) is 4.02. The van der Waals surface area contributed by atoms with E-state index in [4.69, 9.17) is 17.3 Å². The van der Waals surface area contributed by atoms with Gasteiger partial charge in [-0.1, -0.05) is 37.6 Å². The van der Waals surface area contributed by atoms with Crippen molar-refractivity contribution in [3.8, 4) is 0 Å². The van der Waals surface area contributed by atoms with Crippen molar-refractivity contribution in [1.29, 1.82) is 0 Å². The van der Waals surface area contributed by atoms with E-state index in [9.17, 15) is 9.59 Å². The van der Waals surface area contributed by atoms with Crippen LogP contribution in [0.3, 0.4) is 0 Å². The predicted molar refractivity (Wildman–Crippen MR) is 74.6 cm³/mol. The lowest BCUT2D eigenvalue weighted by Gasteiger charge is -2.20. The van der Waals surface area contributed by atoms with Crippen LogP contribution in [0.25, 0.3) is 0 Å². The molecule has 19 heavy (non-hydrogen) atoms. The normalized spacial score (nSPS) is 12.0. The first-order valence-corrected chi connectivity index (χ1v) is 6.36. The second kappa shape index (κ2) is 6.99. The molecule has 1 rings (SSSR count). The van der Waals surface area contributed by atoms with Crippen LogP contribution in [-0.2, 0) is 11.3 Å². The molecule has 0 aliphatic rings. The first-order valence-electron chi connectivity index (χ1n) is 5.98. The molecule has 0 aliphatic heterocycles. The molecule has 5 nitrogen and oxygen atoms in total. The number of nitrogens with two attached hydrogens (primary N) is 1. The van der Waals surface area contributed by atoms with Crippen LogP contribution < -0.4 is 16.4 Å². The van der Waals surface area contributed by atoms with Gasteiger partial charge in [0.1, 0.15) is 6.04 Å². The largest absolute Gasteiger partial charge is 0.352 e. The second-order valence-electron chi connectivity index (χ2n) is 4.58. The number of hydrogen-bond acceptors (Lipinski definition) is 2. The molecule has 0 fully saturated rings. The summed E-state index contributed by atoms with van der Waals surface area (Å²) in [5.74, 6) is -0.319. The van der Waals surface area contributed by atoms with Crippen LogP contribution in [0.15, 0.2) is 24.3 Å². The predicted octanol–water partition coefficient (Wildman–Crippen LogP) is 1.65. The Balaban J connectivity index is 2.59. The van der Waals surface area contributed by atoms with E-state index in [2.05, 4.69) is 10.6 Å². The van der Waals surface area contributed by atoms with Crippen molar-refractivity contribution in [2.24, 2.45) is 11.7 Å². The van der Waals surface area contributed by atoms with Gasteiger partial charge in [-0.3, -0.25) is 4.79 Å². The Hall–Kier alpha value is -1.75. The smallest absolute Gasteiger partial charge is 0.312 e. The van der Waals surface area contributed by atoms with E-state index < -0.39 is 12.1 Å². The lowest BCUT2D eigenvalue weighted by atomic mass is 10.0. The molecule has 0 saturated carbocycles. The van der Waals surface area contributed by atoms with Crippen molar-refractivity contribution in [3.63, 3.8) is 0 Å². The minimum Gasteiger partial charge on any atom is -0.352 e. The maximum atomic E-state index is 12.0. The third-order valence-electron chi connectivity index (χ3n) is 2.60. The first kappa shape index (κ1) is 15.3. The Morgan fingerprint density at radius 3 is 2.58 bits per heavy atom. The molecule has 0 radical (unpaired) electrons. The number of urea groups is 1. The van der Waals surface area contributed by atoms with Crippen molar-refractivity contribution < 1.29 is 9.59 Å². The Labute approximate surface area is 117 Å². The summed E-state index contributed by atoms with van der Waals surface area (Å²) in [4.78, 5) is 22.8. The highest BCUT2D eigenvalue weighted by Gasteiger charge is 2.22. The third kappa shape index (κ3) is 5.18. The number of halogens is 1. The highest BCUT2D eigenvalue weighted by atomic mass is 35.5. The van der Waals surface area contributed by atoms with Crippen LogP contribution in [0, 0.1) is 5.92 Å². The molecular weight excluding hydrogens is 266 g/mol. The highest BCUT2D eigenvalue weighted by molar-refractivity contribution is 6.30. The van der Waals surface area contributed by atoms with Gasteiger partial charge >= 0.3 is 6.03 Å².